The molecule has 0 aliphatic heterocycles. The van der Waals surface area contributed by atoms with Crippen molar-refractivity contribution in [3.63, 3.8) is 0 Å². The fourth-order valence-corrected chi connectivity index (χ4v) is 2.57. The predicted molar refractivity (Wildman–Crippen MR) is 98.8 cm³/mol. The van der Waals surface area contributed by atoms with Gasteiger partial charge in [-0.05, 0) is 29.7 Å². The van der Waals surface area contributed by atoms with Crippen molar-refractivity contribution in [3.8, 4) is 0 Å². The summed E-state index contributed by atoms with van der Waals surface area (Å²) in [5.74, 6) is 0. The van der Waals surface area contributed by atoms with E-state index >= 15 is 0 Å². The van der Waals surface area contributed by atoms with Crippen molar-refractivity contribution in [1.29, 1.82) is 0 Å². The molecule has 2 heteroatoms. The van der Waals surface area contributed by atoms with E-state index in [1.807, 2.05) is 6.07 Å². The summed E-state index contributed by atoms with van der Waals surface area (Å²) in [7, 11) is 0. The monoisotopic (exact) mass is 302 g/mol. The molecule has 0 radical (unpaired) electrons. The number of nitrogens with one attached hydrogen (secondary N) is 2. The predicted octanol–water partition coefficient (Wildman–Crippen LogP) is 4.95. The van der Waals surface area contributed by atoms with Gasteiger partial charge in [-0.25, -0.2) is 0 Å². The molecule has 0 saturated heterocycles. The van der Waals surface area contributed by atoms with E-state index < -0.39 is 0 Å². The van der Waals surface area contributed by atoms with Crippen LogP contribution in [-0.4, -0.2) is 6.54 Å². The lowest BCUT2D eigenvalue weighted by Gasteiger charge is -2.14. The number of hydrogen-bond donors (Lipinski definition) is 2. The Morgan fingerprint density at radius 2 is 1.04 bits per heavy atom. The molecule has 116 valence electrons. The minimum absolute atomic E-state index is 0.832. The molecule has 2 nitrogen and oxygen atoms in total. The Morgan fingerprint density at radius 3 is 1.70 bits per heavy atom. The van der Waals surface area contributed by atoms with E-state index in [4.69, 9.17) is 0 Å². The quantitative estimate of drug-likeness (QED) is 0.645. The van der Waals surface area contributed by atoms with Crippen molar-refractivity contribution in [1.82, 2.24) is 0 Å². The molecular weight excluding hydrogens is 280 g/mol. The summed E-state index contributed by atoms with van der Waals surface area (Å²) in [5.41, 5.74) is 4.94. The summed E-state index contributed by atoms with van der Waals surface area (Å²) in [6.45, 7) is 1.76. The van der Waals surface area contributed by atoms with Gasteiger partial charge < -0.3 is 10.6 Å². The Morgan fingerprint density at radius 1 is 0.522 bits per heavy atom. The first-order valence-electron chi connectivity index (χ1n) is 8.06. The van der Waals surface area contributed by atoms with Crippen molar-refractivity contribution in [2.75, 3.05) is 17.2 Å². The SMILES string of the molecule is c1ccc(CCNc2ccccc2NCc2ccccc2)cc1. The van der Waals surface area contributed by atoms with Crippen molar-refractivity contribution in [2.45, 2.75) is 13.0 Å². The average molecular weight is 302 g/mol. The molecule has 0 bridgehead atoms. The van der Waals surface area contributed by atoms with Crippen LogP contribution in [0.2, 0.25) is 0 Å². The zero-order chi connectivity index (χ0) is 15.7. The van der Waals surface area contributed by atoms with Gasteiger partial charge in [0, 0.05) is 13.1 Å². The minimum atomic E-state index is 0.832. The lowest BCUT2D eigenvalue weighted by Crippen LogP contribution is -2.08. The van der Waals surface area contributed by atoms with Gasteiger partial charge in [-0.1, -0.05) is 72.8 Å². The van der Waals surface area contributed by atoms with Gasteiger partial charge in [0.2, 0.25) is 0 Å². The highest BCUT2D eigenvalue weighted by atomic mass is 14.9. The molecule has 0 aromatic heterocycles. The molecule has 0 saturated carbocycles. The van der Waals surface area contributed by atoms with Crippen LogP contribution >= 0.6 is 0 Å². The van der Waals surface area contributed by atoms with Crippen molar-refractivity contribution in [3.05, 3.63) is 96.1 Å². The van der Waals surface area contributed by atoms with E-state index in [0.717, 1.165) is 30.9 Å². The van der Waals surface area contributed by atoms with Crippen LogP contribution in [-0.2, 0) is 13.0 Å². The van der Waals surface area contributed by atoms with E-state index in [-0.39, 0.29) is 0 Å². The maximum Gasteiger partial charge on any atom is 0.0578 e. The molecule has 0 fully saturated rings. The fraction of sp³-hybridized carbons (Fsp3) is 0.143. The molecule has 0 atom stereocenters. The summed E-state index contributed by atoms with van der Waals surface area (Å²) in [5, 5.41) is 7.05. The smallest absolute Gasteiger partial charge is 0.0578 e. The number of rotatable bonds is 7. The van der Waals surface area contributed by atoms with Gasteiger partial charge in [-0.2, -0.15) is 0 Å². The molecule has 2 N–H and O–H groups in total. The van der Waals surface area contributed by atoms with Crippen molar-refractivity contribution >= 4 is 11.4 Å². The van der Waals surface area contributed by atoms with Gasteiger partial charge in [-0.15, -0.1) is 0 Å². The Bertz CT molecular complexity index is 708. The van der Waals surface area contributed by atoms with Gasteiger partial charge in [-0.3, -0.25) is 0 Å². The summed E-state index contributed by atoms with van der Waals surface area (Å²) < 4.78 is 0. The fourth-order valence-electron chi connectivity index (χ4n) is 2.57. The lowest BCUT2D eigenvalue weighted by atomic mass is 10.1. The third kappa shape index (κ3) is 4.62. The van der Waals surface area contributed by atoms with Crippen LogP contribution in [0.5, 0.6) is 0 Å². The maximum atomic E-state index is 3.54. The summed E-state index contributed by atoms with van der Waals surface area (Å²) in [6, 6.07) is 29.4. The normalized spacial score (nSPS) is 10.3. The average Bonchev–Trinajstić information content (AvgIpc) is 2.63. The summed E-state index contributed by atoms with van der Waals surface area (Å²) >= 11 is 0. The van der Waals surface area contributed by atoms with E-state index in [2.05, 4.69) is 89.5 Å². The summed E-state index contributed by atoms with van der Waals surface area (Å²) in [6.07, 6.45) is 1.02. The van der Waals surface area contributed by atoms with Crippen LogP contribution in [0.15, 0.2) is 84.9 Å². The Balaban J connectivity index is 1.57. The molecule has 0 aliphatic carbocycles. The van der Waals surface area contributed by atoms with E-state index in [1.54, 1.807) is 0 Å². The lowest BCUT2D eigenvalue weighted by molar-refractivity contribution is 1.02. The molecule has 3 rings (SSSR count). The molecule has 23 heavy (non-hydrogen) atoms. The molecule has 3 aromatic rings. The van der Waals surface area contributed by atoms with Gasteiger partial charge in [0.25, 0.3) is 0 Å². The first kappa shape index (κ1) is 15.2. The van der Waals surface area contributed by atoms with Crippen LogP contribution in [0.1, 0.15) is 11.1 Å². The second-order valence-electron chi connectivity index (χ2n) is 5.55. The van der Waals surface area contributed by atoms with Crippen molar-refractivity contribution < 1.29 is 0 Å². The van der Waals surface area contributed by atoms with Crippen LogP contribution in [0.25, 0.3) is 0 Å². The largest absolute Gasteiger partial charge is 0.383 e. The number of para-hydroxylation sites is 2. The number of anilines is 2. The highest BCUT2D eigenvalue weighted by molar-refractivity contribution is 5.68. The van der Waals surface area contributed by atoms with Crippen LogP contribution in [0.4, 0.5) is 11.4 Å². The Labute approximate surface area is 138 Å². The first-order chi connectivity index (χ1) is 11.4. The Kier molecular flexibility index (Phi) is 5.30. The topological polar surface area (TPSA) is 24.1 Å². The van der Waals surface area contributed by atoms with Gasteiger partial charge in [0.15, 0.2) is 0 Å². The highest BCUT2D eigenvalue weighted by Crippen LogP contribution is 2.21. The van der Waals surface area contributed by atoms with E-state index in [1.165, 1.54) is 11.1 Å². The van der Waals surface area contributed by atoms with Crippen molar-refractivity contribution in [2.24, 2.45) is 0 Å². The molecule has 0 aliphatic rings. The summed E-state index contributed by atoms with van der Waals surface area (Å²) in [4.78, 5) is 0. The van der Waals surface area contributed by atoms with E-state index in [0.29, 0.717) is 0 Å². The molecule has 0 amide bonds. The maximum absolute atomic E-state index is 3.54. The van der Waals surface area contributed by atoms with Gasteiger partial charge in [0.05, 0.1) is 11.4 Å². The molecule has 0 heterocycles. The zero-order valence-electron chi connectivity index (χ0n) is 13.2. The molecule has 0 unspecified atom stereocenters. The molecule has 3 aromatic carbocycles. The number of benzene rings is 3. The van der Waals surface area contributed by atoms with Gasteiger partial charge >= 0.3 is 0 Å². The zero-order valence-corrected chi connectivity index (χ0v) is 13.2. The second-order valence-corrected chi connectivity index (χ2v) is 5.55. The highest BCUT2D eigenvalue weighted by Gasteiger charge is 2.01. The van der Waals surface area contributed by atoms with Crippen LogP contribution in [0, 0.1) is 0 Å². The third-order valence-electron chi connectivity index (χ3n) is 3.82. The van der Waals surface area contributed by atoms with Crippen LogP contribution in [0.3, 0.4) is 0 Å². The van der Waals surface area contributed by atoms with Gasteiger partial charge in [0.1, 0.15) is 0 Å². The molecule has 0 spiro atoms. The minimum Gasteiger partial charge on any atom is -0.383 e. The third-order valence-corrected chi connectivity index (χ3v) is 3.82. The standard InChI is InChI=1S/C21H22N2/c1-3-9-18(10-4-1)15-16-22-20-13-7-8-14-21(20)23-17-19-11-5-2-6-12-19/h1-14,22-23H,15-17H2. The van der Waals surface area contributed by atoms with Crippen LogP contribution < -0.4 is 10.6 Å². The van der Waals surface area contributed by atoms with E-state index in [9.17, 15) is 0 Å². The Hall–Kier alpha value is -2.74. The molecular formula is C21H22N2. The number of hydrogen-bond acceptors (Lipinski definition) is 2. The first-order valence-corrected chi connectivity index (χ1v) is 8.06. The second kappa shape index (κ2) is 8.04.